The molecule has 12 heteroatoms. The highest BCUT2D eigenvalue weighted by Crippen LogP contribution is 2.36. The third-order valence-corrected chi connectivity index (χ3v) is 8.57. The van der Waals surface area contributed by atoms with Crippen molar-refractivity contribution < 1.29 is 37.3 Å². The Bertz CT molecular complexity index is 1640. The quantitative estimate of drug-likeness (QED) is 0.0963. The van der Waals surface area contributed by atoms with Gasteiger partial charge in [-0.25, -0.2) is 13.8 Å². The summed E-state index contributed by atoms with van der Waals surface area (Å²) in [4.78, 5) is 30.5. The van der Waals surface area contributed by atoms with Crippen LogP contribution in [0, 0.1) is 5.82 Å². The Kier molecular flexibility index (Phi) is 10.7. The van der Waals surface area contributed by atoms with Gasteiger partial charge >= 0.3 is 0 Å². The predicted octanol–water partition coefficient (Wildman–Crippen LogP) is 6.13. The molecule has 0 aliphatic carbocycles. The molecule has 9 nitrogen and oxygen atoms in total. The molecule has 2 aromatic heterocycles. The van der Waals surface area contributed by atoms with Crippen LogP contribution in [0.1, 0.15) is 20.8 Å². The van der Waals surface area contributed by atoms with Crippen LogP contribution in [0.25, 0.3) is 22.2 Å². The van der Waals surface area contributed by atoms with Crippen LogP contribution >= 0.6 is 0 Å². The fraction of sp³-hybridized carbons (Fsp3) is 0.344. The standard InChI is InChI=1S/C32H37F2N3O6Si/c1-40-28-12-10-25(26(38)18-35-32(39)21-9-11-27(43-14-13-33)29(17-21)41-2)36-30(28)23-19-37(20-42-15-16-44(3,4)5)31-22(23)7-6-8-24(31)34/h6-12,17,19H,13-16,18,20H2,1-5H3,(H,35,39). The van der Waals surface area contributed by atoms with E-state index in [1.54, 1.807) is 29.0 Å². The largest absolute Gasteiger partial charge is 0.494 e. The Morgan fingerprint density at radius 2 is 1.73 bits per heavy atom. The number of amides is 1. The molecule has 0 aliphatic rings. The number of halogens is 2. The number of pyridine rings is 1. The smallest absolute Gasteiger partial charge is 0.251 e. The summed E-state index contributed by atoms with van der Waals surface area (Å²) < 4.78 is 51.2. The first kappa shape index (κ1) is 32.6. The van der Waals surface area contributed by atoms with Crippen molar-refractivity contribution in [2.75, 3.05) is 40.7 Å². The lowest BCUT2D eigenvalue weighted by Gasteiger charge is -2.15. The zero-order valence-electron chi connectivity index (χ0n) is 25.5. The number of methoxy groups -OCH3 is 2. The van der Waals surface area contributed by atoms with E-state index in [0.29, 0.717) is 40.3 Å². The Hall–Kier alpha value is -4.29. The van der Waals surface area contributed by atoms with Gasteiger partial charge in [0.25, 0.3) is 5.91 Å². The number of ketones is 1. The minimum Gasteiger partial charge on any atom is -0.494 e. The maximum absolute atomic E-state index is 15.1. The molecular weight excluding hydrogens is 588 g/mol. The maximum atomic E-state index is 15.1. The molecule has 4 aromatic rings. The summed E-state index contributed by atoms with van der Waals surface area (Å²) in [7, 11) is 1.60. The molecule has 0 bridgehead atoms. The van der Waals surface area contributed by atoms with Gasteiger partial charge in [0.15, 0.2) is 17.3 Å². The number of para-hydroxylation sites is 1. The normalized spacial score (nSPS) is 11.4. The highest BCUT2D eigenvalue weighted by Gasteiger charge is 2.21. The number of fused-ring (bicyclic) bond motifs is 1. The van der Waals surface area contributed by atoms with E-state index in [1.165, 1.54) is 44.6 Å². The number of aromatic nitrogens is 2. The minimum atomic E-state index is -1.30. The molecule has 234 valence electrons. The van der Waals surface area contributed by atoms with Gasteiger partial charge in [-0.05, 0) is 42.4 Å². The number of hydrogen-bond donors (Lipinski definition) is 1. The van der Waals surface area contributed by atoms with E-state index in [-0.39, 0.29) is 36.9 Å². The Morgan fingerprint density at radius 1 is 0.977 bits per heavy atom. The maximum Gasteiger partial charge on any atom is 0.251 e. The Labute approximate surface area is 256 Å². The summed E-state index contributed by atoms with van der Waals surface area (Å²) in [5.41, 5.74) is 1.62. The SMILES string of the molecule is COc1cc(C(=O)NCC(=O)c2ccc(OC)c(-c3cn(COCC[Si](C)(C)C)c4c(F)cccc34)n2)ccc1OCCF. The van der Waals surface area contributed by atoms with Crippen LogP contribution in [0.15, 0.2) is 54.7 Å². The fourth-order valence-corrected chi connectivity index (χ4v) is 5.29. The van der Waals surface area contributed by atoms with Gasteiger partial charge in [0.1, 0.15) is 43.0 Å². The number of rotatable bonds is 15. The van der Waals surface area contributed by atoms with E-state index in [9.17, 15) is 14.0 Å². The first-order chi connectivity index (χ1) is 21.1. The van der Waals surface area contributed by atoms with E-state index in [0.717, 1.165) is 6.04 Å². The third kappa shape index (κ3) is 7.80. The zero-order valence-corrected chi connectivity index (χ0v) is 26.5. The molecule has 0 spiro atoms. The first-order valence-electron chi connectivity index (χ1n) is 14.1. The Balaban J connectivity index is 1.56. The Morgan fingerprint density at radius 3 is 2.43 bits per heavy atom. The van der Waals surface area contributed by atoms with Crippen molar-refractivity contribution in [3.05, 3.63) is 71.8 Å². The molecular formula is C32H37F2N3O6Si. The molecule has 0 unspecified atom stereocenters. The molecule has 2 heterocycles. The van der Waals surface area contributed by atoms with Crippen LogP contribution in [-0.4, -0.2) is 70.0 Å². The number of nitrogens with one attached hydrogen (secondary N) is 1. The highest BCUT2D eigenvalue weighted by molar-refractivity contribution is 6.76. The molecule has 0 saturated heterocycles. The molecule has 0 aliphatic heterocycles. The number of Topliss-reactive ketones (excluding diaryl/α,β-unsaturated/α-hetero) is 1. The van der Waals surface area contributed by atoms with Gasteiger partial charge in [0.05, 0.1) is 26.3 Å². The van der Waals surface area contributed by atoms with Crippen LogP contribution in [0.3, 0.4) is 0 Å². The van der Waals surface area contributed by atoms with E-state index in [4.69, 9.17) is 18.9 Å². The van der Waals surface area contributed by atoms with E-state index < -0.39 is 32.3 Å². The molecule has 0 atom stereocenters. The van der Waals surface area contributed by atoms with Crippen LogP contribution in [0.5, 0.6) is 17.2 Å². The molecule has 44 heavy (non-hydrogen) atoms. The molecule has 2 aromatic carbocycles. The summed E-state index contributed by atoms with van der Waals surface area (Å²) in [5.74, 6) is -0.411. The molecule has 0 saturated carbocycles. The van der Waals surface area contributed by atoms with Crippen molar-refractivity contribution in [3.63, 3.8) is 0 Å². The van der Waals surface area contributed by atoms with Gasteiger partial charge in [0, 0.05) is 37.4 Å². The van der Waals surface area contributed by atoms with Crippen molar-refractivity contribution >= 4 is 30.7 Å². The van der Waals surface area contributed by atoms with Gasteiger partial charge in [-0.3, -0.25) is 9.59 Å². The number of alkyl halides is 1. The van der Waals surface area contributed by atoms with Crippen molar-refractivity contribution in [1.29, 1.82) is 0 Å². The lowest BCUT2D eigenvalue weighted by Crippen LogP contribution is -2.30. The number of carbonyl (C=O) groups excluding carboxylic acids is 2. The number of benzene rings is 2. The fourth-order valence-electron chi connectivity index (χ4n) is 4.54. The average Bonchev–Trinajstić information content (AvgIpc) is 3.39. The van der Waals surface area contributed by atoms with Crippen molar-refractivity contribution in [1.82, 2.24) is 14.9 Å². The molecule has 0 fully saturated rings. The molecule has 1 amide bonds. The highest BCUT2D eigenvalue weighted by atomic mass is 28.3. The van der Waals surface area contributed by atoms with Gasteiger partial charge in [-0.2, -0.15) is 0 Å². The number of carbonyl (C=O) groups is 2. The summed E-state index contributed by atoms with van der Waals surface area (Å²) in [5, 5.41) is 3.19. The van der Waals surface area contributed by atoms with Crippen LogP contribution in [0.4, 0.5) is 8.78 Å². The molecule has 1 N–H and O–H groups in total. The number of ether oxygens (including phenoxy) is 4. The second kappa shape index (κ2) is 14.5. The summed E-state index contributed by atoms with van der Waals surface area (Å²) in [6.07, 6.45) is 1.75. The van der Waals surface area contributed by atoms with Gasteiger partial charge in [0.2, 0.25) is 0 Å². The first-order valence-corrected chi connectivity index (χ1v) is 17.9. The second-order valence-electron chi connectivity index (χ2n) is 11.3. The number of hydrogen-bond acceptors (Lipinski definition) is 7. The summed E-state index contributed by atoms with van der Waals surface area (Å²) >= 11 is 0. The van der Waals surface area contributed by atoms with Gasteiger partial charge in [-0.15, -0.1) is 0 Å². The molecule has 0 radical (unpaired) electrons. The van der Waals surface area contributed by atoms with E-state index in [1.807, 2.05) is 0 Å². The van der Waals surface area contributed by atoms with E-state index in [2.05, 4.69) is 29.9 Å². The third-order valence-electron chi connectivity index (χ3n) is 6.86. The topological polar surface area (TPSA) is 101 Å². The minimum absolute atomic E-state index is 0.0948. The monoisotopic (exact) mass is 625 g/mol. The van der Waals surface area contributed by atoms with Crippen LogP contribution < -0.4 is 19.5 Å². The van der Waals surface area contributed by atoms with Gasteiger partial charge in [-0.1, -0.05) is 31.8 Å². The van der Waals surface area contributed by atoms with Crippen molar-refractivity contribution in [3.8, 4) is 28.5 Å². The average molecular weight is 626 g/mol. The summed E-state index contributed by atoms with van der Waals surface area (Å²) in [6, 6.07) is 13.3. The van der Waals surface area contributed by atoms with Crippen LogP contribution in [-0.2, 0) is 11.5 Å². The van der Waals surface area contributed by atoms with Crippen molar-refractivity contribution in [2.45, 2.75) is 32.4 Å². The second-order valence-corrected chi connectivity index (χ2v) is 16.9. The summed E-state index contributed by atoms with van der Waals surface area (Å²) in [6.45, 7) is 6.37. The molecule has 4 rings (SSSR count). The lowest BCUT2D eigenvalue weighted by molar-refractivity contribution is 0.0899. The lowest BCUT2D eigenvalue weighted by atomic mass is 10.1. The van der Waals surface area contributed by atoms with E-state index >= 15 is 4.39 Å². The van der Waals surface area contributed by atoms with Gasteiger partial charge < -0.3 is 28.8 Å². The predicted molar refractivity (Wildman–Crippen MR) is 167 cm³/mol. The zero-order chi connectivity index (χ0) is 31.9. The van der Waals surface area contributed by atoms with Crippen LogP contribution in [0.2, 0.25) is 25.7 Å². The van der Waals surface area contributed by atoms with Crippen molar-refractivity contribution in [2.24, 2.45) is 0 Å². The number of nitrogens with zero attached hydrogens (tertiary/aromatic N) is 2.